The molecule has 23 heavy (non-hydrogen) atoms. The summed E-state index contributed by atoms with van der Waals surface area (Å²) in [4.78, 5) is 3.90. The fourth-order valence-electron chi connectivity index (χ4n) is 1.93. The molecule has 2 rings (SSSR count). The van der Waals surface area contributed by atoms with Crippen molar-refractivity contribution in [3.8, 4) is 5.75 Å². The number of benzene rings is 1. The number of pyridine rings is 1. The molecule has 0 aliphatic heterocycles. The van der Waals surface area contributed by atoms with E-state index in [1.54, 1.807) is 0 Å². The van der Waals surface area contributed by atoms with E-state index in [-0.39, 0.29) is 10.6 Å². The van der Waals surface area contributed by atoms with E-state index in [9.17, 15) is 17.2 Å². The minimum Gasteiger partial charge on any atom is -0.486 e. The van der Waals surface area contributed by atoms with Crippen molar-refractivity contribution in [3.05, 3.63) is 29.4 Å². The van der Waals surface area contributed by atoms with Crippen molar-refractivity contribution < 1.29 is 21.9 Å². The maximum Gasteiger partial charge on any atom is 0.272 e. The molecule has 0 aliphatic rings. The van der Waals surface area contributed by atoms with Gasteiger partial charge in [-0.3, -0.25) is 4.98 Å². The van der Waals surface area contributed by atoms with Crippen molar-refractivity contribution in [2.24, 2.45) is 0 Å². The Bertz CT molecular complexity index is 832. The second kappa shape index (κ2) is 6.20. The summed E-state index contributed by atoms with van der Waals surface area (Å²) in [6, 6.07) is 4.17. The summed E-state index contributed by atoms with van der Waals surface area (Å²) in [6.45, 7) is 3.66. The van der Waals surface area contributed by atoms with Crippen LogP contribution in [-0.4, -0.2) is 31.2 Å². The lowest BCUT2D eigenvalue weighted by atomic mass is 10.2. The minimum atomic E-state index is -3.82. The highest BCUT2D eigenvalue weighted by Crippen LogP contribution is 2.36. The van der Waals surface area contributed by atoms with Crippen LogP contribution in [0.15, 0.2) is 29.3 Å². The number of hydrogen-bond acceptors (Lipinski definition) is 4. The van der Waals surface area contributed by atoms with Gasteiger partial charge < -0.3 is 4.74 Å². The number of hydrogen-bond donors (Lipinski definition) is 0. The third-order valence-corrected chi connectivity index (χ3v) is 6.05. The molecule has 0 aliphatic carbocycles. The van der Waals surface area contributed by atoms with Crippen molar-refractivity contribution in [3.63, 3.8) is 0 Å². The van der Waals surface area contributed by atoms with Gasteiger partial charge in [-0.2, -0.15) is 0 Å². The Morgan fingerprint density at radius 3 is 2.52 bits per heavy atom. The van der Waals surface area contributed by atoms with E-state index < -0.39 is 27.6 Å². The molecule has 0 amide bonds. The molecule has 0 saturated carbocycles. The van der Waals surface area contributed by atoms with Crippen LogP contribution in [0.1, 0.15) is 20.8 Å². The van der Waals surface area contributed by atoms with Crippen LogP contribution in [0.25, 0.3) is 10.9 Å². The fraction of sp³-hybridized carbons (Fsp3) is 0.400. The Balaban J connectivity index is 2.73. The number of halogens is 3. The third kappa shape index (κ3) is 3.55. The van der Waals surface area contributed by atoms with Gasteiger partial charge in [0, 0.05) is 17.6 Å². The van der Waals surface area contributed by atoms with E-state index in [0.717, 1.165) is 0 Å². The Kier molecular flexibility index (Phi) is 4.82. The van der Waals surface area contributed by atoms with E-state index in [4.69, 9.17) is 16.3 Å². The van der Waals surface area contributed by atoms with Crippen LogP contribution in [0.4, 0.5) is 8.78 Å². The van der Waals surface area contributed by atoms with Gasteiger partial charge in [-0.25, -0.2) is 17.2 Å². The highest BCUT2D eigenvalue weighted by atomic mass is 35.5. The van der Waals surface area contributed by atoms with Gasteiger partial charge in [0.05, 0.1) is 15.3 Å². The molecule has 0 bridgehead atoms. The molecule has 1 aromatic heterocycles. The quantitative estimate of drug-likeness (QED) is 0.820. The lowest BCUT2D eigenvalue weighted by Crippen LogP contribution is -2.28. The molecule has 0 atom stereocenters. The summed E-state index contributed by atoms with van der Waals surface area (Å²) in [5, 5.41) is 0.738. The Labute approximate surface area is 138 Å². The molecule has 2 aromatic rings. The van der Waals surface area contributed by atoms with Gasteiger partial charge >= 0.3 is 0 Å². The molecule has 1 heterocycles. The first-order chi connectivity index (χ1) is 10.5. The second-order valence-electron chi connectivity index (χ2n) is 5.93. The molecular formula is C15H16ClF2NO3S. The van der Waals surface area contributed by atoms with E-state index >= 15 is 0 Å². The summed E-state index contributed by atoms with van der Waals surface area (Å²) in [5.74, 6) is -0.150. The first kappa shape index (κ1) is 17.9. The van der Waals surface area contributed by atoms with Gasteiger partial charge in [0.2, 0.25) is 0 Å². The highest BCUT2D eigenvalue weighted by Gasteiger charge is 2.34. The van der Waals surface area contributed by atoms with Gasteiger partial charge in [-0.1, -0.05) is 11.6 Å². The monoisotopic (exact) mass is 363 g/mol. The first-order valence-corrected chi connectivity index (χ1v) is 8.64. The average molecular weight is 364 g/mol. The molecule has 1 aromatic carbocycles. The van der Waals surface area contributed by atoms with Gasteiger partial charge in [0.25, 0.3) is 6.43 Å². The number of fused-ring (bicyclic) bond motifs is 1. The molecule has 0 fully saturated rings. The summed E-state index contributed by atoms with van der Waals surface area (Å²) in [6.07, 6.45) is -1.28. The molecule has 0 N–H and O–H groups in total. The van der Waals surface area contributed by atoms with Crippen molar-refractivity contribution in [1.82, 2.24) is 4.98 Å². The van der Waals surface area contributed by atoms with E-state index in [1.807, 2.05) is 0 Å². The minimum absolute atomic E-state index is 0.150. The molecule has 0 saturated heterocycles. The maximum absolute atomic E-state index is 12.7. The number of aromatic nitrogens is 1. The zero-order chi connectivity index (χ0) is 17.4. The van der Waals surface area contributed by atoms with Crippen LogP contribution < -0.4 is 4.74 Å². The molecule has 0 unspecified atom stereocenters. The lowest BCUT2D eigenvalue weighted by Gasteiger charge is -2.22. The van der Waals surface area contributed by atoms with E-state index in [0.29, 0.717) is 15.9 Å². The Hall–Kier alpha value is -1.47. The summed E-state index contributed by atoms with van der Waals surface area (Å²) >= 11 is 6.08. The van der Waals surface area contributed by atoms with Crippen LogP contribution >= 0.6 is 11.6 Å². The SMILES string of the molecule is CC(C)(C)S(=O)(=O)c1cc2c(Cl)ccnc2cc1OCC(F)F. The predicted molar refractivity (Wildman–Crippen MR) is 85.2 cm³/mol. The topological polar surface area (TPSA) is 56.3 Å². The van der Waals surface area contributed by atoms with Crippen LogP contribution in [0.3, 0.4) is 0 Å². The molecule has 0 spiro atoms. The Morgan fingerprint density at radius 2 is 1.96 bits per heavy atom. The van der Waals surface area contributed by atoms with Crippen LogP contribution in [-0.2, 0) is 9.84 Å². The number of ether oxygens (including phenoxy) is 1. The Morgan fingerprint density at radius 1 is 1.30 bits per heavy atom. The summed E-state index contributed by atoms with van der Waals surface area (Å²) in [5.41, 5.74) is 0.370. The standard InChI is InChI=1S/C15H16ClF2NO3S/c1-15(2,3)23(20,21)13-6-9-10(16)4-5-19-11(9)7-12(13)22-8-14(17)18/h4-7,14H,8H2,1-3H3. The third-order valence-electron chi connectivity index (χ3n) is 3.21. The molecule has 4 nitrogen and oxygen atoms in total. The zero-order valence-electron chi connectivity index (χ0n) is 12.8. The van der Waals surface area contributed by atoms with Gasteiger partial charge in [0.15, 0.2) is 9.84 Å². The van der Waals surface area contributed by atoms with Gasteiger partial charge in [-0.05, 0) is 32.9 Å². The number of nitrogens with zero attached hydrogens (tertiary/aromatic N) is 1. The summed E-state index contributed by atoms with van der Waals surface area (Å²) < 4.78 is 54.3. The fourth-order valence-corrected chi connectivity index (χ4v) is 3.45. The number of sulfone groups is 1. The lowest BCUT2D eigenvalue weighted by molar-refractivity contribution is 0.0805. The normalized spacial score (nSPS) is 12.8. The average Bonchev–Trinajstić information content (AvgIpc) is 2.43. The smallest absolute Gasteiger partial charge is 0.272 e. The van der Waals surface area contributed by atoms with E-state index in [1.165, 1.54) is 45.2 Å². The second-order valence-corrected chi connectivity index (χ2v) is 9.01. The van der Waals surface area contributed by atoms with Crippen molar-refractivity contribution in [2.45, 2.75) is 36.8 Å². The van der Waals surface area contributed by atoms with Crippen LogP contribution in [0, 0.1) is 0 Å². The zero-order valence-corrected chi connectivity index (χ0v) is 14.4. The van der Waals surface area contributed by atoms with E-state index in [2.05, 4.69) is 4.98 Å². The largest absolute Gasteiger partial charge is 0.486 e. The first-order valence-electron chi connectivity index (χ1n) is 6.78. The van der Waals surface area contributed by atoms with Crippen LogP contribution in [0.5, 0.6) is 5.75 Å². The van der Waals surface area contributed by atoms with Crippen molar-refractivity contribution in [2.75, 3.05) is 6.61 Å². The van der Waals surface area contributed by atoms with Crippen LogP contribution in [0.2, 0.25) is 5.02 Å². The molecule has 0 radical (unpaired) electrons. The predicted octanol–water partition coefficient (Wildman–Crippen LogP) is 4.10. The molecule has 8 heteroatoms. The number of alkyl halides is 2. The molecule has 126 valence electrons. The van der Waals surface area contributed by atoms with Gasteiger partial charge in [-0.15, -0.1) is 0 Å². The molecular weight excluding hydrogens is 348 g/mol. The maximum atomic E-state index is 12.7. The van der Waals surface area contributed by atoms with Crippen molar-refractivity contribution >= 4 is 32.3 Å². The summed E-state index contributed by atoms with van der Waals surface area (Å²) in [7, 11) is -3.82. The number of rotatable bonds is 4. The van der Waals surface area contributed by atoms with Gasteiger partial charge in [0.1, 0.15) is 17.3 Å². The highest BCUT2D eigenvalue weighted by molar-refractivity contribution is 7.92. The van der Waals surface area contributed by atoms with Crippen molar-refractivity contribution in [1.29, 1.82) is 0 Å².